The van der Waals surface area contributed by atoms with Crippen LogP contribution in [0.25, 0.3) is 0 Å². The van der Waals surface area contributed by atoms with E-state index in [-0.39, 0.29) is 5.91 Å². The van der Waals surface area contributed by atoms with Gasteiger partial charge in [-0.25, -0.2) is 4.39 Å². The van der Waals surface area contributed by atoms with E-state index in [0.717, 1.165) is 11.3 Å². The second-order valence-corrected chi connectivity index (χ2v) is 5.99. The molecule has 0 aliphatic carbocycles. The molecule has 1 heterocycles. The second kappa shape index (κ2) is 5.58. The molecule has 0 radical (unpaired) electrons. The van der Waals surface area contributed by atoms with E-state index < -0.39 is 11.9 Å². The Balaban J connectivity index is 1.94. The molecule has 1 unspecified atom stereocenters. The van der Waals surface area contributed by atoms with Crippen LogP contribution in [0, 0.1) is 5.82 Å². The number of carbonyl (C=O) groups excluding carboxylic acids is 1. The summed E-state index contributed by atoms with van der Waals surface area (Å²) in [6.45, 7) is 0. The van der Waals surface area contributed by atoms with Crippen molar-refractivity contribution in [3.63, 3.8) is 0 Å². The number of benzene rings is 2. The maximum atomic E-state index is 13.4. The lowest BCUT2D eigenvalue weighted by Gasteiger charge is -2.19. The Hall–Kier alpha value is -1.72. The van der Waals surface area contributed by atoms with Gasteiger partial charge in [0.15, 0.2) is 0 Å². The van der Waals surface area contributed by atoms with Crippen LogP contribution in [-0.2, 0) is 11.2 Å². The number of rotatable bonds is 2. The van der Waals surface area contributed by atoms with E-state index in [1.54, 1.807) is 18.2 Å². The second-order valence-electron chi connectivity index (χ2n) is 5.07. The quantitative estimate of drug-likeness (QED) is 0.870. The molecule has 2 aromatic rings. The first-order valence-electron chi connectivity index (χ1n) is 6.59. The zero-order valence-electron chi connectivity index (χ0n) is 11.1. The van der Waals surface area contributed by atoms with E-state index in [1.165, 1.54) is 12.1 Å². The lowest BCUT2D eigenvalue weighted by molar-refractivity contribution is -0.116. The average Bonchev–Trinajstić information content (AvgIpc) is 2.45. The summed E-state index contributed by atoms with van der Waals surface area (Å²) >= 11 is 3.22. The largest absolute Gasteiger partial charge is 0.384 e. The van der Waals surface area contributed by atoms with E-state index >= 15 is 0 Å². The van der Waals surface area contributed by atoms with Crippen molar-refractivity contribution in [1.82, 2.24) is 0 Å². The van der Waals surface area contributed by atoms with Crippen LogP contribution in [0.3, 0.4) is 0 Å². The molecule has 1 atom stereocenters. The minimum absolute atomic E-state index is 0.00450. The number of nitrogens with one attached hydrogen (secondary N) is 1. The van der Waals surface area contributed by atoms with Crippen LogP contribution in [-0.4, -0.2) is 11.0 Å². The Morgan fingerprint density at radius 1 is 1.14 bits per heavy atom. The number of fused-ring (bicyclic) bond motifs is 1. The van der Waals surface area contributed by atoms with Gasteiger partial charge in [-0.05, 0) is 47.4 Å². The fourth-order valence-corrected chi connectivity index (χ4v) is 2.98. The Labute approximate surface area is 129 Å². The Morgan fingerprint density at radius 2 is 1.95 bits per heavy atom. The van der Waals surface area contributed by atoms with Crippen molar-refractivity contribution < 1.29 is 14.3 Å². The zero-order chi connectivity index (χ0) is 15.0. The SMILES string of the molecule is O=C1CCc2cc(C(O)c3cc(F)cc(Br)c3)ccc2N1. The van der Waals surface area contributed by atoms with Crippen molar-refractivity contribution in [3.8, 4) is 0 Å². The standard InChI is InChI=1S/C16H13BrFNO2/c17-12-6-11(7-13(18)8-12)16(21)10-1-3-14-9(5-10)2-4-15(20)19-14/h1,3,5-8,16,21H,2,4H2,(H,19,20). The van der Waals surface area contributed by atoms with Crippen molar-refractivity contribution in [2.45, 2.75) is 18.9 Å². The smallest absolute Gasteiger partial charge is 0.224 e. The molecule has 0 aromatic heterocycles. The number of hydrogen-bond donors (Lipinski definition) is 2. The number of carbonyl (C=O) groups is 1. The van der Waals surface area contributed by atoms with Gasteiger partial charge in [0, 0.05) is 16.6 Å². The van der Waals surface area contributed by atoms with Crippen LogP contribution in [0.1, 0.15) is 29.2 Å². The molecule has 0 saturated heterocycles. The fourth-order valence-electron chi connectivity index (χ4n) is 2.50. The number of aryl methyl sites for hydroxylation is 1. The maximum absolute atomic E-state index is 13.4. The molecule has 5 heteroatoms. The number of anilines is 1. The Kier molecular flexibility index (Phi) is 3.78. The van der Waals surface area contributed by atoms with E-state index in [2.05, 4.69) is 21.2 Å². The van der Waals surface area contributed by atoms with Gasteiger partial charge in [-0.15, -0.1) is 0 Å². The first-order valence-corrected chi connectivity index (χ1v) is 7.39. The fraction of sp³-hybridized carbons (Fsp3) is 0.188. The van der Waals surface area contributed by atoms with Crippen LogP contribution in [0.15, 0.2) is 40.9 Å². The van der Waals surface area contributed by atoms with E-state index in [1.807, 2.05) is 6.07 Å². The Morgan fingerprint density at radius 3 is 2.71 bits per heavy atom. The van der Waals surface area contributed by atoms with Gasteiger partial charge >= 0.3 is 0 Å². The lowest BCUT2D eigenvalue weighted by atomic mass is 9.95. The molecular weight excluding hydrogens is 337 g/mol. The first-order chi connectivity index (χ1) is 10.0. The Bertz CT molecular complexity index is 697. The summed E-state index contributed by atoms with van der Waals surface area (Å²) in [4.78, 5) is 11.3. The maximum Gasteiger partial charge on any atom is 0.224 e. The zero-order valence-corrected chi connectivity index (χ0v) is 12.7. The summed E-state index contributed by atoms with van der Waals surface area (Å²) in [6.07, 6.45) is 0.187. The summed E-state index contributed by atoms with van der Waals surface area (Å²) in [7, 11) is 0. The predicted molar refractivity (Wildman–Crippen MR) is 81.6 cm³/mol. The molecule has 3 nitrogen and oxygen atoms in total. The van der Waals surface area contributed by atoms with Crippen molar-refractivity contribution in [1.29, 1.82) is 0 Å². The molecule has 1 aliphatic heterocycles. The van der Waals surface area contributed by atoms with Crippen molar-refractivity contribution in [3.05, 3.63) is 63.4 Å². The first kappa shape index (κ1) is 14.2. The third-order valence-corrected chi connectivity index (χ3v) is 4.00. The van der Waals surface area contributed by atoms with Gasteiger partial charge in [-0.2, -0.15) is 0 Å². The topological polar surface area (TPSA) is 49.3 Å². The van der Waals surface area contributed by atoms with Crippen LogP contribution in [0.2, 0.25) is 0 Å². The van der Waals surface area contributed by atoms with Crippen LogP contribution >= 0.6 is 15.9 Å². The van der Waals surface area contributed by atoms with E-state index in [4.69, 9.17) is 0 Å². The van der Waals surface area contributed by atoms with Gasteiger partial charge in [0.1, 0.15) is 11.9 Å². The van der Waals surface area contributed by atoms with Crippen molar-refractivity contribution in [2.75, 3.05) is 5.32 Å². The highest BCUT2D eigenvalue weighted by molar-refractivity contribution is 9.10. The molecule has 108 valence electrons. The third kappa shape index (κ3) is 2.99. The number of hydrogen-bond acceptors (Lipinski definition) is 2. The average molecular weight is 350 g/mol. The summed E-state index contributed by atoms with van der Waals surface area (Å²) in [5.74, 6) is -0.395. The number of aliphatic hydroxyl groups is 1. The third-order valence-electron chi connectivity index (χ3n) is 3.54. The molecule has 0 bridgehead atoms. The summed E-state index contributed by atoms with van der Waals surface area (Å²) in [5, 5.41) is 13.2. The number of halogens is 2. The lowest BCUT2D eigenvalue weighted by Crippen LogP contribution is -2.19. The molecule has 2 aromatic carbocycles. The van der Waals surface area contributed by atoms with Crippen LogP contribution < -0.4 is 5.32 Å². The molecule has 0 fully saturated rings. The molecule has 2 N–H and O–H groups in total. The van der Waals surface area contributed by atoms with Gasteiger partial charge in [0.05, 0.1) is 0 Å². The minimum atomic E-state index is -0.903. The number of amides is 1. The van der Waals surface area contributed by atoms with Gasteiger partial charge in [0.2, 0.25) is 5.91 Å². The minimum Gasteiger partial charge on any atom is -0.384 e. The highest BCUT2D eigenvalue weighted by Gasteiger charge is 2.18. The van der Waals surface area contributed by atoms with Crippen LogP contribution in [0.4, 0.5) is 10.1 Å². The summed E-state index contributed by atoms with van der Waals surface area (Å²) in [6, 6.07) is 9.73. The van der Waals surface area contributed by atoms with Crippen LogP contribution in [0.5, 0.6) is 0 Å². The molecule has 0 saturated carbocycles. The molecule has 1 aliphatic rings. The highest BCUT2D eigenvalue weighted by atomic mass is 79.9. The van der Waals surface area contributed by atoms with Gasteiger partial charge in [0.25, 0.3) is 0 Å². The number of aliphatic hydroxyl groups excluding tert-OH is 1. The summed E-state index contributed by atoms with van der Waals surface area (Å²) < 4.78 is 14.0. The van der Waals surface area contributed by atoms with E-state index in [0.29, 0.717) is 28.4 Å². The van der Waals surface area contributed by atoms with E-state index in [9.17, 15) is 14.3 Å². The molecule has 21 heavy (non-hydrogen) atoms. The van der Waals surface area contributed by atoms with Gasteiger partial charge in [-0.1, -0.05) is 28.1 Å². The normalized spacial score (nSPS) is 15.3. The van der Waals surface area contributed by atoms with Gasteiger partial charge in [-0.3, -0.25) is 4.79 Å². The highest BCUT2D eigenvalue weighted by Crippen LogP contribution is 2.30. The van der Waals surface area contributed by atoms with Crippen molar-refractivity contribution in [2.24, 2.45) is 0 Å². The predicted octanol–water partition coefficient (Wildman–Crippen LogP) is 3.55. The monoisotopic (exact) mass is 349 g/mol. The van der Waals surface area contributed by atoms with Gasteiger partial charge < -0.3 is 10.4 Å². The van der Waals surface area contributed by atoms with Crippen molar-refractivity contribution >= 4 is 27.5 Å². The molecular formula is C16H13BrFNO2. The molecule has 3 rings (SSSR count). The molecule has 0 spiro atoms. The molecule has 1 amide bonds. The summed E-state index contributed by atoms with van der Waals surface area (Å²) in [5.41, 5.74) is 2.94.